The van der Waals surface area contributed by atoms with Gasteiger partial charge in [0.25, 0.3) is 0 Å². The normalized spacial score (nSPS) is 21.2. The topological polar surface area (TPSA) is 32.3 Å². The largest absolute Gasteiger partial charge is 0.296 e. The Morgan fingerprint density at radius 2 is 2.08 bits per heavy atom. The number of benzene rings is 1. The Labute approximate surface area is 77.3 Å². The summed E-state index contributed by atoms with van der Waals surface area (Å²) >= 11 is 0. The van der Waals surface area contributed by atoms with Crippen molar-refractivity contribution in [2.45, 2.75) is 19.4 Å². The highest BCUT2D eigenvalue weighted by molar-refractivity contribution is 5.84. The Morgan fingerprint density at radius 1 is 1.38 bits per heavy atom. The molecule has 1 N–H and O–H groups in total. The van der Waals surface area contributed by atoms with Crippen LogP contribution in [0.4, 0.5) is 5.69 Å². The number of amides is 1. The summed E-state index contributed by atoms with van der Waals surface area (Å²) < 4.78 is 0. The third-order valence-corrected chi connectivity index (χ3v) is 2.20. The van der Waals surface area contributed by atoms with Gasteiger partial charge in [-0.2, -0.15) is 0 Å². The number of rotatable bonds is 2. The quantitative estimate of drug-likeness (QED) is 0.695. The van der Waals surface area contributed by atoms with Crippen LogP contribution in [0.2, 0.25) is 0 Å². The maximum Gasteiger partial charge on any atom is 0.243 e. The lowest BCUT2D eigenvalue weighted by Gasteiger charge is -2.38. The van der Waals surface area contributed by atoms with Crippen molar-refractivity contribution in [2.24, 2.45) is 0 Å². The second-order valence-electron chi connectivity index (χ2n) is 3.29. The second-order valence-corrected chi connectivity index (χ2v) is 3.29. The number of para-hydroxylation sites is 1. The molecule has 1 atom stereocenters. The van der Waals surface area contributed by atoms with E-state index in [1.807, 2.05) is 37.3 Å². The van der Waals surface area contributed by atoms with Crippen LogP contribution in [0.15, 0.2) is 30.3 Å². The third-order valence-electron chi connectivity index (χ3n) is 2.20. The first kappa shape index (κ1) is 8.10. The van der Waals surface area contributed by atoms with Crippen LogP contribution in [-0.4, -0.2) is 17.0 Å². The van der Waals surface area contributed by atoms with Gasteiger partial charge in [0.05, 0.1) is 18.2 Å². The minimum absolute atomic E-state index is 0.163. The average Bonchev–Trinajstić information content (AvgIpc) is 2.16. The maximum absolute atomic E-state index is 11.1. The summed E-state index contributed by atoms with van der Waals surface area (Å²) in [5, 5.41) is 1.66. The van der Waals surface area contributed by atoms with Gasteiger partial charge >= 0.3 is 0 Å². The Balaban J connectivity index is 2.02. The lowest BCUT2D eigenvalue weighted by atomic mass is 10.1. The highest BCUT2D eigenvalue weighted by Crippen LogP contribution is 2.19. The average molecular weight is 176 g/mol. The number of nitrogens with zero attached hydrogens (tertiary/aromatic N) is 1. The molecule has 1 aromatic rings. The van der Waals surface area contributed by atoms with E-state index >= 15 is 0 Å². The number of anilines is 1. The smallest absolute Gasteiger partial charge is 0.243 e. The van der Waals surface area contributed by atoms with E-state index in [9.17, 15) is 4.79 Å². The summed E-state index contributed by atoms with van der Waals surface area (Å²) in [5.74, 6) is 0.163. The van der Waals surface area contributed by atoms with Crippen LogP contribution in [0.3, 0.4) is 0 Å². The molecule has 0 saturated carbocycles. The van der Waals surface area contributed by atoms with Crippen molar-refractivity contribution in [3.63, 3.8) is 0 Å². The first-order valence-electron chi connectivity index (χ1n) is 4.41. The summed E-state index contributed by atoms with van der Waals surface area (Å²) in [6.45, 7) is 2.03. The second kappa shape index (κ2) is 3.09. The molecular formula is C10H12N2O. The Morgan fingerprint density at radius 3 is 2.62 bits per heavy atom. The van der Waals surface area contributed by atoms with Gasteiger partial charge in [0.15, 0.2) is 0 Å². The van der Waals surface area contributed by atoms with Crippen molar-refractivity contribution in [3.8, 4) is 0 Å². The Bertz CT molecular complexity index is 310. The molecule has 68 valence electrons. The molecule has 0 aromatic heterocycles. The Kier molecular flexibility index (Phi) is 1.93. The molecule has 1 aromatic carbocycles. The zero-order valence-electron chi connectivity index (χ0n) is 7.53. The van der Waals surface area contributed by atoms with Gasteiger partial charge in [-0.3, -0.25) is 15.2 Å². The van der Waals surface area contributed by atoms with Crippen molar-refractivity contribution in [1.82, 2.24) is 5.01 Å². The van der Waals surface area contributed by atoms with Crippen molar-refractivity contribution < 1.29 is 4.79 Å². The van der Waals surface area contributed by atoms with Gasteiger partial charge in [0.1, 0.15) is 0 Å². The van der Waals surface area contributed by atoms with Crippen molar-refractivity contribution in [3.05, 3.63) is 30.3 Å². The molecule has 0 aliphatic carbocycles. The lowest BCUT2D eigenvalue weighted by molar-refractivity contribution is -0.142. The molecule has 3 nitrogen and oxygen atoms in total. The van der Waals surface area contributed by atoms with Crippen LogP contribution in [0, 0.1) is 0 Å². The van der Waals surface area contributed by atoms with Crippen molar-refractivity contribution in [1.29, 1.82) is 0 Å². The molecule has 1 saturated heterocycles. The summed E-state index contributed by atoms with van der Waals surface area (Å²) in [5.41, 5.74) is 4.02. The van der Waals surface area contributed by atoms with Gasteiger partial charge in [-0.15, -0.1) is 0 Å². The van der Waals surface area contributed by atoms with Crippen LogP contribution in [0.1, 0.15) is 13.3 Å². The van der Waals surface area contributed by atoms with Gasteiger partial charge in [-0.1, -0.05) is 18.2 Å². The number of hydrogen-bond donors (Lipinski definition) is 1. The van der Waals surface area contributed by atoms with Gasteiger partial charge in [0.2, 0.25) is 5.91 Å². The number of nitrogens with one attached hydrogen (secondary N) is 1. The molecule has 1 unspecified atom stereocenters. The zero-order valence-corrected chi connectivity index (χ0v) is 7.53. The molecule has 2 rings (SSSR count). The van der Waals surface area contributed by atoms with E-state index < -0.39 is 0 Å². The molecule has 1 fully saturated rings. The standard InChI is InChI=1S/C10H12N2O/c1-8-7-10(13)12(8)11-9-5-3-2-4-6-9/h2-6,8,11H,7H2,1H3. The van der Waals surface area contributed by atoms with E-state index in [1.165, 1.54) is 0 Å². The van der Waals surface area contributed by atoms with E-state index in [-0.39, 0.29) is 5.91 Å². The molecule has 13 heavy (non-hydrogen) atoms. The molecule has 1 aliphatic rings. The molecule has 0 radical (unpaired) electrons. The predicted octanol–water partition coefficient (Wildman–Crippen LogP) is 1.63. The Hall–Kier alpha value is -1.51. The predicted molar refractivity (Wildman–Crippen MR) is 51.0 cm³/mol. The number of carbonyl (C=O) groups excluding carboxylic acids is 1. The van der Waals surface area contributed by atoms with E-state index in [0.29, 0.717) is 12.5 Å². The van der Waals surface area contributed by atoms with Gasteiger partial charge in [-0.05, 0) is 19.1 Å². The van der Waals surface area contributed by atoms with Gasteiger partial charge in [-0.25, -0.2) is 0 Å². The highest BCUT2D eigenvalue weighted by Gasteiger charge is 2.32. The maximum atomic E-state index is 11.1. The fourth-order valence-electron chi connectivity index (χ4n) is 1.40. The third kappa shape index (κ3) is 1.49. The van der Waals surface area contributed by atoms with Crippen molar-refractivity contribution >= 4 is 11.6 Å². The van der Waals surface area contributed by atoms with E-state index in [4.69, 9.17) is 0 Å². The van der Waals surface area contributed by atoms with Crippen LogP contribution in [0.5, 0.6) is 0 Å². The van der Waals surface area contributed by atoms with E-state index in [0.717, 1.165) is 5.69 Å². The molecule has 3 heteroatoms. The monoisotopic (exact) mass is 176 g/mol. The summed E-state index contributed by atoms with van der Waals surface area (Å²) in [6, 6.07) is 10.0. The molecular weight excluding hydrogens is 164 g/mol. The van der Waals surface area contributed by atoms with Gasteiger partial charge in [0, 0.05) is 0 Å². The first-order valence-corrected chi connectivity index (χ1v) is 4.41. The van der Waals surface area contributed by atoms with Crippen LogP contribution < -0.4 is 5.43 Å². The summed E-state index contributed by atoms with van der Waals surface area (Å²) in [4.78, 5) is 11.1. The summed E-state index contributed by atoms with van der Waals surface area (Å²) in [7, 11) is 0. The molecule has 0 bridgehead atoms. The SMILES string of the molecule is CC1CC(=O)N1Nc1ccccc1. The number of β-lactam (4-membered cyclic amide) rings is 1. The first-order chi connectivity index (χ1) is 6.27. The van der Waals surface area contributed by atoms with Crippen LogP contribution in [-0.2, 0) is 4.79 Å². The fraction of sp³-hybridized carbons (Fsp3) is 0.300. The van der Waals surface area contributed by atoms with Crippen LogP contribution in [0.25, 0.3) is 0 Å². The van der Waals surface area contributed by atoms with E-state index in [1.54, 1.807) is 5.01 Å². The number of hydrogen-bond acceptors (Lipinski definition) is 2. The number of hydrazine groups is 1. The minimum atomic E-state index is 0.163. The highest BCUT2D eigenvalue weighted by atomic mass is 16.2. The summed E-state index contributed by atoms with van der Waals surface area (Å²) in [6.07, 6.45) is 0.653. The number of carbonyl (C=O) groups is 1. The van der Waals surface area contributed by atoms with Crippen molar-refractivity contribution in [2.75, 3.05) is 5.43 Å². The lowest BCUT2D eigenvalue weighted by Crippen LogP contribution is -2.53. The molecule has 1 amide bonds. The molecule has 0 spiro atoms. The zero-order chi connectivity index (χ0) is 9.26. The molecule has 1 aliphatic heterocycles. The minimum Gasteiger partial charge on any atom is -0.296 e. The van der Waals surface area contributed by atoms with E-state index in [2.05, 4.69) is 5.43 Å². The fourth-order valence-corrected chi connectivity index (χ4v) is 1.40. The van der Waals surface area contributed by atoms with Gasteiger partial charge < -0.3 is 0 Å². The van der Waals surface area contributed by atoms with Crippen LogP contribution >= 0.6 is 0 Å². The molecule has 1 heterocycles.